The summed E-state index contributed by atoms with van der Waals surface area (Å²) in [6, 6.07) is 2.96. The van der Waals surface area contributed by atoms with Crippen LogP contribution in [0.3, 0.4) is 0 Å². The first-order valence-electron chi connectivity index (χ1n) is 7.08. The number of carbonyl (C=O) groups is 1. The second-order valence-corrected chi connectivity index (χ2v) is 7.44. The van der Waals surface area contributed by atoms with Gasteiger partial charge in [0.15, 0.2) is 0 Å². The quantitative estimate of drug-likeness (QED) is 0.783. The Morgan fingerprint density at radius 2 is 2.12 bits per heavy atom. The van der Waals surface area contributed by atoms with Gasteiger partial charge in [-0.2, -0.15) is 5.10 Å². The fourth-order valence-corrected chi connectivity index (χ4v) is 3.26. The summed E-state index contributed by atoms with van der Waals surface area (Å²) in [5.41, 5.74) is 3.29. The van der Waals surface area contributed by atoms with Gasteiger partial charge in [-0.25, -0.2) is 18.4 Å². The Kier molecular flexibility index (Phi) is 5.24. The maximum absolute atomic E-state index is 14.4. The molecule has 0 bridgehead atoms. The lowest BCUT2D eigenvalue weighted by molar-refractivity contribution is -0.115. The van der Waals surface area contributed by atoms with Crippen LogP contribution < -0.4 is 5.73 Å². The van der Waals surface area contributed by atoms with E-state index in [1.54, 1.807) is 13.8 Å². The number of thioether (sulfide) groups is 1. The highest BCUT2D eigenvalue weighted by Gasteiger charge is 2.47. The molecule has 0 saturated heterocycles. The van der Waals surface area contributed by atoms with Gasteiger partial charge in [0, 0.05) is 16.4 Å². The number of aliphatic hydroxyl groups is 1. The topological polar surface area (TPSA) is 94.0 Å². The van der Waals surface area contributed by atoms with Gasteiger partial charge in [-0.05, 0) is 19.9 Å². The van der Waals surface area contributed by atoms with Crippen molar-refractivity contribution in [2.75, 3.05) is 5.75 Å². The van der Waals surface area contributed by atoms with E-state index >= 15 is 0 Å². The summed E-state index contributed by atoms with van der Waals surface area (Å²) < 4.78 is 27.9. The predicted molar refractivity (Wildman–Crippen MR) is 86.0 cm³/mol. The molecule has 0 fully saturated rings. The van der Waals surface area contributed by atoms with Crippen molar-refractivity contribution in [3.05, 3.63) is 48.1 Å². The minimum absolute atomic E-state index is 0.0600. The summed E-state index contributed by atoms with van der Waals surface area (Å²) >= 11 is 1.08. The van der Waals surface area contributed by atoms with Crippen LogP contribution in [0.5, 0.6) is 0 Å². The van der Waals surface area contributed by atoms with Crippen LogP contribution in [0.2, 0.25) is 0 Å². The van der Waals surface area contributed by atoms with Gasteiger partial charge in [0.25, 0.3) is 0 Å². The number of rotatable bonds is 7. The maximum Gasteiger partial charge on any atom is 0.227 e. The van der Waals surface area contributed by atoms with E-state index in [0.717, 1.165) is 17.8 Å². The summed E-state index contributed by atoms with van der Waals surface area (Å²) in [6.07, 6.45) is 2.66. The first kappa shape index (κ1) is 18.3. The first-order chi connectivity index (χ1) is 11.2. The molecule has 1 unspecified atom stereocenters. The van der Waals surface area contributed by atoms with E-state index < -0.39 is 27.9 Å². The van der Waals surface area contributed by atoms with E-state index in [4.69, 9.17) is 5.73 Å². The molecule has 1 aromatic carbocycles. The Balaban J connectivity index is 2.49. The van der Waals surface area contributed by atoms with Crippen LogP contribution in [0.15, 0.2) is 30.9 Å². The molecule has 6 nitrogen and oxygen atoms in total. The largest absolute Gasteiger partial charge is 0.382 e. The number of nitrogens with zero attached hydrogens (tertiary/aromatic N) is 3. The minimum Gasteiger partial charge on any atom is -0.382 e. The van der Waals surface area contributed by atoms with Crippen LogP contribution in [0.1, 0.15) is 19.4 Å². The van der Waals surface area contributed by atoms with Crippen molar-refractivity contribution in [2.24, 2.45) is 5.73 Å². The van der Waals surface area contributed by atoms with Crippen LogP contribution in [-0.2, 0) is 16.9 Å². The number of hydrogen-bond donors (Lipinski definition) is 2. The fraction of sp³-hybridized carbons (Fsp3) is 0.400. The van der Waals surface area contributed by atoms with Gasteiger partial charge in [-0.1, -0.05) is 6.07 Å². The van der Waals surface area contributed by atoms with Crippen molar-refractivity contribution >= 4 is 17.7 Å². The Hall–Kier alpha value is -2.00. The molecule has 1 atom stereocenters. The summed E-state index contributed by atoms with van der Waals surface area (Å²) in [4.78, 5) is 14.9. The SMILES string of the molecule is CC(C)(SCC(N)=O)C(O)(Cn1cncn1)c1ccc(F)cc1F. The number of amides is 1. The standard InChI is InChI=1S/C15H18F2N4O2S/c1-14(2,24-6-13(18)22)15(23,7-21-9-19-8-20-21)11-4-3-10(16)5-12(11)17/h3-5,8-9,23H,6-7H2,1-2H3,(H2,18,22). The van der Waals surface area contributed by atoms with Crippen molar-refractivity contribution in [3.63, 3.8) is 0 Å². The molecular formula is C15H18F2N4O2S. The summed E-state index contributed by atoms with van der Waals surface area (Å²) in [5.74, 6) is -2.25. The number of benzene rings is 1. The lowest BCUT2D eigenvalue weighted by atomic mass is 9.82. The van der Waals surface area contributed by atoms with Crippen LogP contribution in [0.25, 0.3) is 0 Å². The molecule has 24 heavy (non-hydrogen) atoms. The zero-order valence-electron chi connectivity index (χ0n) is 13.2. The van der Waals surface area contributed by atoms with Crippen molar-refractivity contribution < 1.29 is 18.7 Å². The molecule has 1 aromatic heterocycles. The fourth-order valence-electron chi connectivity index (χ4n) is 2.34. The van der Waals surface area contributed by atoms with Crippen LogP contribution >= 0.6 is 11.8 Å². The van der Waals surface area contributed by atoms with Gasteiger partial charge < -0.3 is 10.8 Å². The minimum atomic E-state index is -1.79. The van der Waals surface area contributed by atoms with Crippen molar-refractivity contribution in [2.45, 2.75) is 30.7 Å². The normalized spacial score (nSPS) is 14.4. The van der Waals surface area contributed by atoms with Gasteiger partial charge in [0.2, 0.25) is 5.91 Å². The molecule has 1 heterocycles. The molecule has 3 N–H and O–H groups in total. The number of carbonyl (C=O) groups excluding carboxylic acids is 1. The molecule has 2 rings (SSSR count). The molecule has 0 saturated carbocycles. The molecule has 1 amide bonds. The van der Waals surface area contributed by atoms with Gasteiger partial charge in [0.1, 0.15) is 29.9 Å². The van der Waals surface area contributed by atoms with Crippen molar-refractivity contribution in [1.29, 1.82) is 0 Å². The monoisotopic (exact) mass is 356 g/mol. The molecule has 0 aliphatic heterocycles. The average molecular weight is 356 g/mol. The number of nitrogens with two attached hydrogens (primary N) is 1. The highest BCUT2D eigenvalue weighted by Crippen LogP contribution is 2.44. The smallest absolute Gasteiger partial charge is 0.227 e. The third-order valence-corrected chi connectivity index (χ3v) is 5.29. The third kappa shape index (κ3) is 3.73. The highest BCUT2D eigenvalue weighted by molar-refractivity contribution is 8.01. The van der Waals surface area contributed by atoms with E-state index in [1.165, 1.54) is 23.4 Å². The van der Waals surface area contributed by atoms with E-state index in [1.807, 2.05) is 0 Å². The van der Waals surface area contributed by atoms with E-state index in [0.29, 0.717) is 6.07 Å². The average Bonchev–Trinajstić information content (AvgIpc) is 2.97. The lowest BCUT2D eigenvalue weighted by Gasteiger charge is -2.42. The lowest BCUT2D eigenvalue weighted by Crippen LogP contribution is -2.49. The van der Waals surface area contributed by atoms with E-state index in [2.05, 4.69) is 10.1 Å². The zero-order valence-corrected chi connectivity index (χ0v) is 14.1. The number of primary amides is 1. The molecule has 2 aromatic rings. The summed E-state index contributed by atoms with van der Waals surface area (Å²) in [6.45, 7) is 3.18. The molecule has 0 radical (unpaired) electrons. The maximum atomic E-state index is 14.4. The zero-order chi connectivity index (χ0) is 18.0. The Morgan fingerprint density at radius 3 is 2.67 bits per heavy atom. The molecule has 0 spiro atoms. The first-order valence-corrected chi connectivity index (χ1v) is 8.07. The van der Waals surface area contributed by atoms with Gasteiger partial charge >= 0.3 is 0 Å². The van der Waals surface area contributed by atoms with E-state index in [-0.39, 0.29) is 17.9 Å². The molecule has 0 aliphatic carbocycles. The van der Waals surface area contributed by atoms with Crippen LogP contribution in [0.4, 0.5) is 8.78 Å². The summed E-state index contributed by atoms with van der Waals surface area (Å²) in [7, 11) is 0. The highest BCUT2D eigenvalue weighted by atomic mass is 32.2. The van der Waals surface area contributed by atoms with Gasteiger partial charge in [-0.15, -0.1) is 11.8 Å². The van der Waals surface area contributed by atoms with Crippen LogP contribution in [0, 0.1) is 11.6 Å². The second-order valence-electron chi connectivity index (χ2n) is 5.84. The molecule has 0 aliphatic rings. The Labute approximate surface area is 142 Å². The Bertz CT molecular complexity index is 724. The summed E-state index contributed by atoms with van der Waals surface area (Å²) in [5, 5.41) is 15.3. The Morgan fingerprint density at radius 1 is 1.42 bits per heavy atom. The molecule has 9 heteroatoms. The van der Waals surface area contributed by atoms with Gasteiger partial charge in [0.05, 0.1) is 12.3 Å². The van der Waals surface area contributed by atoms with Crippen molar-refractivity contribution in [3.8, 4) is 0 Å². The molecule has 130 valence electrons. The van der Waals surface area contributed by atoms with Crippen molar-refractivity contribution in [1.82, 2.24) is 14.8 Å². The van der Waals surface area contributed by atoms with Crippen LogP contribution in [-0.4, -0.2) is 36.3 Å². The van der Waals surface area contributed by atoms with Gasteiger partial charge in [-0.3, -0.25) is 4.79 Å². The second kappa shape index (κ2) is 6.86. The predicted octanol–water partition coefficient (Wildman–Crippen LogP) is 1.44. The number of hydrogen-bond acceptors (Lipinski definition) is 5. The third-order valence-electron chi connectivity index (χ3n) is 3.81. The number of aromatic nitrogens is 3. The molecular weight excluding hydrogens is 338 g/mol. The number of halogens is 2. The van der Waals surface area contributed by atoms with E-state index in [9.17, 15) is 18.7 Å².